The molecule has 0 aliphatic carbocycles. The molecule has 0 saturated heterocycles. The number of aliphatic hydroxyl groups is 1. The SMILES string of the molecule is O=C(NC[C@@H](O)c1ccccc1)c1nc2ccccc2c(=O)[nH]1. The summed E-state index contributed by atoms with van der Waals surface area (Å²) in [5.41, 5.74) is 0.780. The molecule has 116 valence electrons. The zero-order valence-electron chi connectivity index (χ0n) is 12.2. The maximum Gasteiger partial charge on any atom is 0.287 e. The van der Waals surface area contributed by atoms with Gasteiger partial charge >= 0.3 is 0 Å². The standard InChI is InChI=1S/C17H15N3O3/c21-14(11-6-2-1-3-7-11)10-18-17(23)15-19-13-9-5-4-8-12(13)16(22)20-15/h1-9,14,21H,10H2,(H,18,23)(H,19,20,22)/t14-/m1/s1. The number of para-hydroxylation sites is 1. The summed E-state index contributed by atoms with van der Waals surface area (Å²) in [6, 6.07) is 15.8. The molecule has 0 spiro atoms. The Bertz CT molecular complexity index is 890. The lowest BCUT2D eigenvalue weighted by Gasteiger charge is -2.12. The fourth-order valence-electron chi connectivity index (χ4n) is 2.26. The van der Waals surface area contributed by atoms with Crippen LogP contribution in [0.25, 0.3) is 10.9 Å². The molecular formula is C17H15N3O3. The van der Waals surface area contributed by atoms with Crippen LogP contribution in [0.3, 0.4) is 0 Å². The second-order valence-electron chi connectivity index (χ2n) is 5.07. The van der Waals surface area contributed by atoms with Crippen LogP contribution in [-0.4, -0.2) is 27.5 Å². The van der Waals surface area contributed by atoms with Crippen LogP contribution in [0.15, 0.2) is 59.4 Å². The maximum absolute atomic E-state index is 12.1. The number of benzene rings is 2. The Labute approximate surface area is 131 Å². The van der Waals surface area contributed by atoms with E-state index in [1.165, 1.54) is 0 Å². The highest BCUT2D eigenvalue weighted by molar-refractivity contribution is 5.92. The molecule has 0 bridgehead atoms. The summed E-state index contributed by atoms with van der Waals surface area (Å²) in [5.74, 6) is -0.614. The summed E-state index contributed by atoms with van der Waals surface area (Å²) in [4.78, 5) is 30.7. The van der Waals surface area contributed by atoms with Crippen molar-refractivity contribution in [1.29, 1.82) is 0 Å². The maximum atomic E-state index is 12.1. The summed E-state index contributed by atoms with van der Waals surface area (Å²) < 4.78 is 0. The second-order valence-corrected chi connectivity index (χ2v) is 5.07. The Morgan fingerprint density at radius 2 is 1.83 bits per heavy atom. The summed E-state index contributed by atoms with van der Waals surface area (Å²) in [6.07, 6.45) is -0.827. The van der Waals surface area contributed by atoms with Crippen molar-refractivity contribution in [3.63, 3.8) is 0 Å². The summed E-state index contributed by atoms with van der Waals surface area (Å²) in [6.45, 7) is 0.0272. The number of aliphatic hydroxyl groups excluding tert-OH is 1. The van der Waals surface area contributed by atoms with E-state index in [2.05, 4.69) is 15.3 Å². The van der Waals surface area contributed by atoms with Crippen LogP contribution in [0.5, 0.6) is 0 Å². The molecule has 6 heteroatoms. The average Bonchev–Trinajstić information content (AvgIpc) is 2.60. The predicted octanol–water partition coefficient (Wildman–Crippen LogP) is 1.39. The number of nitrogens with one attached hydrogen (secondary N) is 2. The summed E-state index contributed by atoms with van der Waals surface area (Å²) in [7, 11) is 0. The van der Waals surface area contributed by atoms with Gasteiger partial charge in [0.2, 0.25) is 0 Å². The highest BCUT2D eigenvalue weighted by atomic mass is 16.3. The van der Waals surface area contributed by atoms with Gasteiger partial charge in [-0.3, -0.25) is 9.59 Å². The van der Waals surface area contributed by atoms with Crippen LogP contribution in [0.4, 0.5) is 0 Å². The van der Waals surface area contributed by atoms with E-state index in [1.807, 2.05) is 18.2 Å². The molecule has 0 aliphatic heterocycles. The van der Waals surface area contributed by atoms with Gasteiger partial charge in [-0.15, -0.1) is 0 Å². The van der Waals surface area contributed by atoms with Crippen LogP contribution in [0.2, 0.25) is 0 Å². The number of nitrogens with zero attached hydrogens (tertiary/aromatic N) is 1. The van der Waals surface area contributed by atoms with E-state index in [4.69, 9.17) is 0 Å². The third kappa shape index (κ3) is 3.27. The number of hydrogen-bond acceptors (Lipinski definition) is 4. The Balaban J connectivity index is 1.75. The van der Waals surface area contributed by atoms with Gasteiger partial charge < -0.3 is 15.4 Å². The molecule has 6 nitrogen and oxygen atoms in total. The van der Waals surface area contributed by atoms with Crippen LogP contribution in [0, 0.1) is 0 Å². The molecule has 23 heavy (non-hydrogen) atoms. The molecule has 0 fully saturated rings. The van der Waals surface area contributed by atoms with E-state index >= 15 is 0 Å². The number of H-pyrrole nitrogens is 1. The molecule has 2 aromatic carbocycles. The van der Waals surface area contributed by atoms with Gasteiger partial charge in [0.15, 0.2) is 5.82 Å². The van der Waals surface area contributed by atoms with E-state index < -0.39 is 12.0 Å². The molecule has 0 radical (unpaired) electrons. The summed E-state index contributed by atoms with van der Waals surface area (Å²) in [5, 5.41) is 13.0. The monoisotopic (exact) mass is 309 g/mol. The van der Waals surface area contributed by atoms with E-state index in [-0.39, 0.29) is 17.9 Å². The lowest BCUT2D eigenvalue weighted by atomic mass is 10.1. The second kappa shape index (κ2) is 6.41. The molecule has 3 rings (SSSR count). The van der Waals surface area contributed by atoms with Gasteiger partial charge in [0.25, 0.3) is 11.5 Å². The minimum atomic E-state index is -0.827. The molecule has 1 heterocycles. The Morgan fingerprint density at radius 1 is 1.13 bits per heavy atom. The Hall–Kier alpha value is -2.99. The van der Waals surface area contributed by atoms with Crippen LogP contribution < -0.4 is 10.9 Å². The number of rotatable bonds is 4. The number of carbonyl (C=O) groups is 1. The van der Waals surface area contributed by atoms with Crippen molar-refractivity contribution in [2.45, 2.75) is 6.10 Å². The largest absolute Gasteiger partial charge is 0.387 e. The van der Waals surface area contributed by atoms with Gasteiger partial charge in [-0.1, -0.05) is 42.5 Å². The van der Waals surface area contributed by atoms with Crippen LogP contribution in [0.1, 0.15) is 22.3 Å². The van der Waals surface area contributed by atoms with Gasteiger partial charge in [-0.2, -0.15) is 0 Å². The number of hydrogen-bond donors (Lipinski definition) is 3. The number of amides is 1. The topological polar surface area (TPSA) is 95.1 Å². The number of aromatic nitrogens is 2. The molecule has 1 aromatic heterocycles. The quantitative estimate of drug-likeness (QED) is 0.678. The first-order valence-electron chi connectivity index (χ1n) is 7.15. The number of fused-ring (bicyclic) bond motifs is 1. The van der Waals surface area contributed by atoms with Gasteiger partial charge in [0.05, 0.1) is 17.0 Å². The number of aromatic amines is 1. The minimum Gasteiger partial charge on any atom is -0.387 e. The molecular weight excluding hydrogens is 294 g/mol. The van der Waals surface area contributed by atoms with Crippen LogP contribution >= 0.6 is 0 Å². The zero-order valence-corrected chi connectivity index (χ0v) is 12.2. The summed E-state index contributed by atoms with van der Waals surface area (Å²) >= 11 is 0. The van der Waals surface area contributed by atoms with Crippen LogP contribution in [-0.2, 0) is 0 Å². The van der Waals surface area contributed by atoms with E-state index in [0.717, 1.165) is 0 Å². The third-order valence-electron chi connectivity index (χ3n) is 3.47. The van der Waals surface area contributed by atoms with Gasteiger partial charge in [0.1, 0.15) is 0 Å². The van der Waals surface area contributed by atoms with Crippen molar-refractivity contribution in [2.75, 3.05) is 6.54 Å². The predicted molar refractivity (Wildman–Crippen MR) is 86.1 cm³/mol. The number of carbonyl (C=O) groups excluding carboxylic acids is 1. The van der Waals surface area contributed by atoms with Crippen molar-refractivity contribution < 1.29 is 9.90 Å². The molecule has 3 aromatic rings. The smallest absolute Gasteiger partial charge is 0.287 e. The van der Waals surface area contributed by atoms with E-state index in [1.54, 1.807) is 36.4 Å². The third-order valence-corrected chi connectivity index (χ3v) is 3.47. The molecule has 0 unspecified atom stereocenters. The minimum absolute atomic E-state index is 0.0272. The molecule has 0 saturated carbocycles. The normalized spacial score (nSPS) is 12.0. The van der Waals surface area contributed by atoms with Crippen molar-refractivity contribution in [1.82, 2.24) is 15.3 Å². The Kier molecular flexibility index (Phi) is 4.16. The van der Waals surface area contributed by atoms with Crippen molar-refractivity contribution in [3.8, 4) is 0 Å². The fourth-order valence-corrected chi connectivity index (χ4v) is 2.26. The average molecular weight is 309 g/mol. The fraction of sp³-hybridized carbons (Fsp3) is 0.118. The highest BCUT2D eigenvalue weighted by Gasteiger charge is 2.13. The first-order chi connectivity index (χ1) is 11.1. The van der Waals surface area contributed by atoms with E-state index in [0.29, 0.717) is 16.5 Å². The molecule has 3 N–H and O–H groups in total. The van der Waals surface area contributed by atoms with Gasteiger partial charge in [-0.25, -0.2) is 4.98 Å². The van der Waals surface area contributed by atoms with Crippen molar-refractivity contribution in [2.24, 2.45) is 0 Å². The zero-order chi connectivity index (χ0) is 16.2. The highest BCUT2D eigenvalue weighted by Crippen LogP contribution is 2.11. The first-order valence-corrected chi connectivity index (χ1v) is 7.15. The van der Waals surface area contributed by atoms with Crippen molar-refractivity contribution >= 4 is 16.8 Å². The molecule has 1 amide bonds. The van der Waals surface area contributed by atoms with Gasteiger partial charge in [-0.05, 0) is 17.7 Å². The molecule has 1 atom stereocenters. The van der Waals surface area contributed by atoms with Gasteiger partial charge in [0, 0.05) is 6.54 Å². The van der Waals surface area contributed by atoms with E-state index in [9.17, 15) is 14.7 Å². The lowest BCUT2D eigenvalue weighted by Crippen LogP contribution is -2.31. The first kappa shape index (κ1) is 14.9. The lowest BCUT2D eigenvalue weighted by molar-refractivity contribution is 0.0906. The van der Waals surface area contributed by atoms with Crippen molar-refractivity contribution in [3.05, 3.63) is 76.3 Å². The molecule has 0 aliphatic rings. The Morgan fingerprint density at radius 3 is 2.61 bits per heavy atom.